The van der Waals surface area contributed by atoms with E-state index in [-0.39, 0.29) is 0 Å². The normalized spacial score (nSPS) is 12.2. The Kier molecular flexibility index (Phi) is 4.28. The highest BCUT2D eigenvalue weighted by molar-refractivity contribution is 9.10. The van der Waals surface area contributed by atoms with Crippen LogP contribution in [0.15, 0.2) is 41.3 Å². The summed E-state index contributed by atoms with van der Waals surface area (Å²) < 4.78 is 6.22. The molecule has 2 aromatic heterocycles. The molecule has 5 heteroatoms. The molecule has 1 atom stereocenters. The van der Waals surface area contributed by atoms with E-state index in [9.17, 15) is 5.11 Å². The van der Waals surface area contributed by atoms with Gasteiger partial charge in [-0.05, 0) is 41.1 Å². The van der Waals surface area contributed by atoms with Gasteiger partial charge in [0.1, 0.15) is 11.9 Å². The molecule has 1 unspecified atom stereocenters. The van der Waals surface area contributed by atoms with Crippen LogP contribution in [-0.4, -0.2) is 21.7 Å². The minimum Gasteiger partial charge on any atom is -0.492 e. The Morgan fingerprint density at radius 3 is 2.83 bits per heavy atom. The maximum Gasteiger partial charge on any atom is 0.137 e. The molecule has 0 aliphatic carbocycles. The molecular formula is C13H13BrN2O2. The summed E-state index contributed by atoms with van der Waals surface area (Å²) in [6, 6.07) is 5.37. The first-order chi connectivity index (χ1) is 8.70. The standard InChI is InChI=1S/C13H13BrN2O2/c1-2-18-11-5-9(6-15-8-11)13(17)12-4-3-10(14)7-16-12/h3-8,13,17H,2H2,1H3. The lowest BCUT2D eigenvalue weighted by Crippen LogP contribution is -2.03. The van der Waals surface area contributed by atoms with Crippen molar-refractivity contribution in [3.8, 4) is 5.75 Å². The van der Waals surface area contributed by atoms with E-state index in [0.717, 1.165) is 4.47 Å². The molecule has 1 N–H and O–H groups in total. The van der Waals surface area contributed by atoms with Crippen molar-refractivity contribution in [1.82, 2.24) is 9.97 Å². The molecule has 0 bridgehead atoms. The van der Waals surface area contributed by atoms with E-state index in [1.165, 1.54) is 0 Å². The summed E-state index contributed by atoms with van der Waals surface area (Å²) in [5.41, 5.74) is 1.24. The molecule has 0 amide bonds. The highest BCUT2D eigenvalue weighted by Crippen LogP contribution is 2.23. The largest absolute Gasteiger partial charge is 0.492 e. The van der Waals surface area contributed by atoms with Crippen molar-refractivity contribution in [1.29, 1.82) is 0 Å². The number of hydrogen-bond acceptors (Lipinski definition) is 4. The summed E-state index contributed by atoms with van der Waals surface area (Å²) in [5, 5.41) is 10.2. The third-order valence-electron chi connectivity index (χ3n) is 2.39. The van der Waals surface area contributed by atoms with Gasteiger partial charge in [-0.3, -0.25) is 9.97 Å². The lowest BCUT2D eigenvalue weighted by atomic mass is 10.1. The van der Waals surface area contributed by atoms with Crippen LogP contribution in [-0.2, 0) is 0 Å². The molecule has 0 aromatic carbocycles. The second-order valence-electron chi connectivity index (χ2n) is 3.69. The molecule has 18 heavy (non-hydrogen) atoms. The monoisotopic (exact) mass is 308 g/mol. The third-order valence-corrected chi connectivity index (χ3v) is 2.86. The van der Waals surface area contributed by atoms with Crippen LogP contribution in [0.5, 0.6) is 5.75 Å². The number of ether oxygens (including phenoxy) is 1. The number of rotatable bonds is 4. The molecule has 0 saturated carbocycles. The maximum atomic E-state index is 10.2. The second-order valence-corrected chi connectivity index (χ2v) is 4.61. The van der Waals surface area contributed by atoms with Crippen molar-refractivity contribution in [3.63, 3.8) is 0 Å². The van der Waals surface area contributed by atoms with Gasteiger partial charge in [-0.25, -0.2) is 0 Å². The molecule has 2 aromatic rings. The number of hydrogen-bond donors (Lipinski definition) is 1. The summed E-state index contributed by atoms with van der Waals surface area (Å²) in [5.74, 6) is 0.645. The average molecular weight is 309 g/mol. The summed E-state index contributed by atoms with van der Waals surface area (Å²) in [6.45, 7) is 2.47. The fourth-order valence-electron chi connectivity index (χ4n) is 1.55. The smallest absolute Gasteiger partial charge is 0.137 e. The fraction of sp³-hybridized carbons (Fsp3) is 0.231. The van der Waals surface area contributed by atoms with E-state index in [1.807, 2.05) is 13.0 Å². The zero-order valence-corrected chi connectivity index (χ0v) is 11.5. The van der Waals surface area contributed by atoms with Gasteiger partial charge in [0.15, 0.2) is 0 Å². The Labute approximate surface area is 114 Å². The Morgan fingerprint density at radius 1 is 1.33 bits per heavy atom. The van der Waals surface area contributed by atoms with Crippen LogP contribution in [0, 0.1) is 0 Å². The van der Waals surface area contributed by atoms with Crippen molar-refractivity contribution in [2.24, 2.45) is 0 Å². The van der Waals surface area contributed by atoms with Crippen molar-refractivity contribution in [2.45, 2.75) is 13.0 Å². The van der Waals surface area contributed by atoms with Crippen LogP contribution in [0.3, 0.4) is 0 Å². The van der Waals surface area contributed by atoms with E-state index < -0.39 is 6.10 Å². The zero-order valence-electron chi connectivity index (χ0n) is 9.88. The van der Waals surface area contributed by atoms with Crippen LogP contribution in [0.1, 0.15) is 24.3 Å². The van der Waals surface area contributed by atoms with Gasteiger partial charge in [0.2, 0.25) is 0 Å². The predicted octanol–water partition coefficient (Wildman–Crippen LogP) is 2.72. The first-order valence-electron chi connectivity index (χ1n) is 5.58. The number of pyridine rings is 2. The molecule has 0 saturated heterocycles. The highest BCUT2D eigenvalue weighted by Gasteiger charge is 2.13. The minimum atomic E-state index is -0.800. The van der Waals surface area contributed by atoms with E-state index >= 15 is 0 Å². The van der Waals surface area contributed by atoms with Crippen molar-refractivity contribution in [2.75, 3.05) is 6.61 Å². The van der Waals surface area contributed by atoms with Crippen molar-refractivity contribution < 1.29 is 9.84 Å². The second kappa shape index (κ2) is 5.93. The van der Waals surface area contributed by atoms with Crippen LogP contribution in [0.25, 0.3) is 0 Å². The summed E-state index contributed by atoms with van der Waals surface area (Å²) in [7, 11) is 0. The summed E-state index contributed by atoms with van der Waals surface area (Å²) >= 11 is 3.31. The Morgan fingerprint density at radius 2 is 2.17 bits per heavy atom. The van der Waals surface area contributed by atoms with Crippen molar-refractivity contribution in [3.05, 3.63) is 52.5 Å². The Hall–Kier alpha value is -1.46. The van der Waals surface area contributed by atoms with Gasteiger partial charge < -0.3 is 9.84 Å². The molecule has 2 heterocycles. The molecule has 0 aliphatic heterocycles. The van der Waals surface area contributed by atoms with Crippen LogP contribution < -0.4 is 4.74 Å². The van der Waals surface area contributed by atoms with Crippen LogP contribution in [0.2, 0.25) is 0 Å². The third kappa shape index (κ3) is 3.05. The van der Waals surface area contributed by atoms with E-state index in [4.69, 9.17) is 4.74 Å². The first-order valence-corrected chi connectivity index (χ1v) is 6.37. The minimum absolute atomic E-state index is 0.567. The SMILES string of the molecule is CCOc1cncc(C(O)c2ccc(Br)cn2)c1. The van der Waals surface area contributed by atoms with E-state index in [1.54, 1.807) is 30.7 Å². The predicted molar refractivity (Wildman–Crippen MR) is 71.4 cm³/mol. The molecule has 94 valence electrons. The topological polar surface area (TPSA) is 55.2 Å². The van der Waals surface area contributed by atoms with Gasteiger partial charge in [0, 0.05) is 22.4 Å². The number of aromatic nitrogens is 2. The van der Waals surface area contributed by atoms with Gasteiger partial charge in [-0.2, -0.15) is 0 Å². The maximum absolute atomic E-state index is 10.2. The first kappa shape index (κ1) is 13.0. The summed E-state index contributed by atoms with van der Waals surface area (Å²) in [6.07, 6.45) is 4.08. The molecule has 0 radical (unpaired) electrons. The quantitative estimate of drug-likeness (QED) is 0.943. The molecule has 2 rings (SSSR count). The molecule has 0 spiro atoms. The number of halogens is 1. The van der Waals surface area contributed by atoms with Gasteiger partial charge >= 0.3 is 0 Å². The van der Waals surface area contributed by atoms with Gasteiger partial charge in [-0.15, -0.1) is 0 Å². The van der Waals surface area contributed by atoms with Crippen LogP contribution >= 0.6 is 15.9 Å². The average Bonchev–Trinajstić information content (AvgIpc) is 2.39. The van der Waals surface area contributed by atoms with Gasteiger partial charge in [0.25, 0.3) is 0 Å². The Bertz CT molecular complexity index is 517. The Balaban J connectivity index is 2.24. The zero-order chi connectivity index (χ0) is 13.0. The molecular weight excluding hydrogens is 296 g/mol. The lowest BCUT2D eigenvalue weighted by molar-refractivity contribution is 0.214. The number of aliphatic hydroxyl groups excluding tert-OH is 1. The highest BCUT2D eigenvalue weighted by atomic mass is 79.9. The van der Waals surface area contributed by atoms with Crippen molar-refractivity contribution >= 4 is 15.9 Å². The van der Waals surface area contributed by atoms with E-state index in [0.29, 0.717) is 23.6 Å². The van der Waals surface area contributed by atoms with Gasteiger partial charge in [-0.1, -0.05) is 0 Å². The van der Waals surface area contributed by atoms with Gasteiger partial charge in [0.05, 0.1) is 18.5 Å². The molecule has 0 fully saturated rings. The van der Waals surface area contributed by atoms with E-state index in [2.05, 4.69) is 25.9 Å². The number of aliphatic hydroxyl groups is 1. The van der Waals surface area contributed by atoms with Crippen LogP contribution in [0.4, 0.5) is 0 Å². The molecule has 0 aliphatic rings. The lowest BCUT2D eigenvalue weighted by Gasteiger charge is -2.11. The summed E-state index contributed by atoms with van der Waals surface area (Å²) in [4.78, 5) is 8.21. The molecule has 4 nitrogen and oxygen atoms in total. The number of nitrogens with zero attached hydrogens (tertiary/aromatic N) is 2. The fourth-order valence-corrected chi connectivity index (χ4v) is 1.79.